The summed E-state index contributed by atoms with van der Waals surface area (Å²) in [4.78, 5) is 25.7. The van der Waals surface area contributed by atoms with Crippen molar-refractivity contribution in [1.29, 1.82) is 0 Å². The third-order valence-electron chi connectivity index (χ3n) is 5.29. The third-order valence-corrected chi connectivity index (χ3v) is 7.08. The summed E-state index contributed by atoms with van der Waals surface area (Å²) >= 11 is 0. The van der Waals surface area contributed by atoms with Crippen molar-refractivity contribution >= 4 is 33.2 Å². The molecule has 0 heterocycles. The minimum absolute atomic E-state index is 0.0506. The van der Waals surface area contributed by atoms with Crippen LogP contribution in [-0.2, 0) is 19.6 Å². The van der Waals surface area contributed by atoms with Crippen molar-refractivity contribution in [2.24, 2.45) is 0 Å². The molecule has 3 rings (SSSR count). The van der Waals surface area contributed by atoms with Gasteiger partial charge in [-0.1, -0.05) is 29.8 Å². The van der Waals surface area contributed by atoms with Gasteiger partial charge in [0.25, 0.3) is 15.9 Å². The average Bonchev–Trinajstić information content (AvgIpc) is 2.88. The van der Waals surface area contributed by atoms with Gasteiger partial charge < -0.3 is 20.1 Å². The van der Waals surface area contributed by atoms with Crippen LogP contribution in [0.4, 0.5) is 11.4 Å². The van der Waals surface area contributed by atoms with Crippen LogP contribution in [0.3, 0.4) is 0 Å². The lowest BCUT2D eigenvalue weighted by Gasteiger charge is -2.24. The van der Waals surface area contributed by atoms with Gasteiger partial charge in [0.2, 0.25) is 5.91 Å². The van der Waals surface area contributed by atoms with Crippen LogP contribution in [-0.4, -0.2) is 54.1 Å². The molecule has 2 N–H and O–H groups in total. The number of rotatable bonds is 11. The fraction of sp³-hybridized carbons (Fsp3) is 0.231. The number of hydrogen-bond acceptors (Lipinski definition) is 6. The van der Waals surface area contributed by atoms with E-state index >= 15 is 0 Å². The molecule has 0 saturated carbocycles. The van der Waals surface area contributed by atoms with E-state index in [1.807, 2.05) is 6.92 Å². The molecule has 36 heavy (non-hydrogen) atoms. The second kappa shape index (κ2) is 12.2. The van der Waals surface area contributed by atoms with Gasteiger partial charge in [-0.3, -0.25) is 13.9 Å². The Labute approximate surface area is 211 Å². The summed E-state index contributed by atoms with van der Waals surface area (Å²) in [6, 6.07) is 19.2. The summed E-state index contributed by atoms with van der Waals surface area (Å²) in [5.41, 5.74) is 1.71. The van der Waals surface area contributed by atoms with E-state index in [1.54, 1.807) is 60.7 Å². The summed E-state index contributed by atoms with van der Waals surface area (Å²) in [6.07, 6.45) is 0. The normalized spacial score (nSPS) is 11.0. The van der Waals surface area contributed by atoms with Gasteiger partial charge in [-0.2, -0.15) is 0 Å². The topological polar surface area (TPSA) is 114 Å². The van der Waals surface area contributed by atoms with E-state index in [2.05, 4.69) is 10.6 Å². The van der Waals surface area contributed by atoms with Gasteiger partial charge in [0.05, 0.1) is 35.6 Å². The van der Waals surface area contributed by atoms with Crippen molar-refractivity contribution in [3.8, 4) is 5.75 Å². The molecule has 3 aromatic rings. The number of benzene rings is 3. The quantitative estimate of drug-likeness (QED) is 0.382. The first-order valence-corrected chi connectivity index (χ1v) is 12.6. The molecular weight excluding hydrogens is 482 g/mol. The number of sulfonamides is 1. The van der Waals surface area contributed by atoms with E-state index in [0.29, 0.717) is 18.9 Å². The first kappa shape index (κ1) is 26.7. The summed E-state index contributed by atoms with van der Waals surface area (Å²) in [6.45, 7) is 1.99. The maximum atomic E-state index is 13.5. The maximum Gasteiger partial charge on any atom is 0.264 e. The highest BCUT2D eigenvalue weighted by molar-refractivity contribution is 7.92. The molecule has 190 valence electrons. The molecule has 0 aromatic heterocycles. The van der Waals surface area contributed by atoms with Crippen LogP contribution in [0.1, 0.15) is 15.9 Å². The van der Waals surface area contributed by atoms with E-state index in [9.17, 15) is 18.0 Å². The summed E-state index contributed by atoms with van der Waals surface area (Å²) in [5, 5.41) is 5.38. The highest BCUT2D eigenvalue weighted by atomic mass is 32.2. The molecule has 0 aliphatic carbocycles. The van der Waals surface area contributed by atoms with Crippen LogP contribution in [0.2, 0.25) is 0 Å². The van der Waals surface area contributed by atoms with E-state index < -0.39 is 22.5 Å². The Morgan fingerprint density at radius 1 is 0.917 bits per heavy atom. The first-order chi connectivity index (χ1) is 17.3. The van der Waals surface area contributed by atoms with Gasteiger partial charge in [-0.15, -0.1) is 0 Å². The van der Waals surface area contributed by atoms with Crippen molar-refractivity contribution in [1.82, 2.24) is 5.32 Å². The number of carbonyl (C=O) groups is 2. The number of anilines is 2. The predicted octanol–water partition coefficient (Wildman–Crippen LogP) is 3.21. The largest absolute Gasteiger partial charge is 0.497 e. The lowest BCUT2D eigenvalue weighted by molar-refractivity contribution is -0.114. The summed E-state index contributed by atoms with van der Waals surface area (Å²) in [7, 11) is -1.05. The average molecular weight is 512 g/mol. The van der Waals surface area contributed by atoms with Crippen molar-refractivity contribution < 1.29 is 27.5 Å². The number of nitrogens with one attached hydrogen (secondary N) is 2. The lowest BCUT2D eigenvalue weighted by Crippen LogP contribution is -2.38. The molecule has 0 atom stereocenters. The second-order valence-electron chi connectivity index (χ2n) is 7.87. The lowest BCUT2D eigenvalue weighted by atomic mass is 10.1. The molecule has 0 bridgehead atoms. The molecular formula is C26H29N3O6S. The van der Waals surface area contributed by atoms with Crippen LogP contribution in [0, 0.1) is 6.92 Å². The van der Waals surface area contributed by atoms with Crippen molar-refractivity contribution in [3.05, 3.63) is 83.9 Å². The number of carbonyl (C=O) groups excluding carboxylic acids is 2. The number of amides is 2. The van der Waals surface area contributed by atoms with Crippen LogP contribution >= 0.6 is 0 Å². The Kier molecular flexibility index (Phi) is 9.04. The van der Waals surface area contributed by atoms with Gasteiger partial charge in [0.15, 0.2) is 0 Å². The van der Waals surface area contributed by atoms with Gasteiger partial charge in [0, 0.05) is 13.7 Å². The highest BCUT2D eigenvalue weighted by Gasteiger charge is 2.27. The molecule has 2 amide bonds. The predicted molar refractivity (Wildman–Crippen MR) is 138 cm³/mol. The zero-order valence-corrected chi connectivity index (χ0v) is 21.2. The second-order valence-corrected chi connectivity index (χ2v) is 9.73. The number of methoxy groups -OCH3 is 2. The summed E-state index contributed by atoms with van der Waals surface area (Å²) in [5.74, 6) is -0.454. The minimum Gasteiger partial charge on any atom is -0.497 e. The molecule has 0 saturated heterocycles. The molecule has 0 aliphatic heterocycles. The molecule has 10 heteroatoms. The molecule has 0 fully saturated rings. The number of ether oxygens (including phenoxy) is 2. The van der Waals surface area contributed by atoms with Gasteiger partial charge in [-0.25, -0.2) is 8.42 Å². The van der Waals surface area contributed by atoms with Crippen LogP contribution < -0.4 is 19.7 Å². The number of nitrogens with zero attached hydrogens (tertiary/aromatic N) is 1. The van der Waals surface area contributed by atoms with E-state index in [4.69, 9.17) is 9.47 Å². The van der Waals surface area contributed by atoms with Crippen LogP contribution in [0.5, 0.6) is 5.75 Å². The third kappa shape index (κ3) is 6.61. The number of aryl methyl sites for hydroxylation is 1. The summed E-state index contributed by atoms with van der Waals surface area (Å²) < 4.78 is 38.2. The minimum atomic E-state index is -4.08. The molecule has 0 aliphatic rings. The maximum absolute atomic E-state index is 13.5. The molecule has 0 radical (unpaired) electrons. The van der Waals surface area contributed by atoms with Crippen LogP contribution in [0.25, 0.3) is 0 Å². The molecule has 0 spiro atoms. The zero-order valence-electron chi connectivity index (χ0n) is 20.4. The standard InChI is InChI=1S/C26H29N3O6S/c1-19-8-14-22(15-9-19)36(32,33)29(20-10-12-21(35-3)13-11-20)18-25(30)28-24-7-5-4-6-23(24)26(31)27-16-17-34-2/h4-15H,16-18H2,1-3H3,(H,27,31)(H,28,30). The Morgan fingerprint density at radius 2 is 1.58 bits per heavy atom. The smallest absolute Gasteiger partial charge is 0.264 e. The van der Waals surface area contributed by atoms with Crippen LogP contribution in [0.15, 0.2) is 77.7 Å². The van der Waals surface area contributed by atoms with E-state index in [-0.39, 0.29) is 27.7 Å². The number of hydrogen-bond donors (Lipinski definition) is 2. The molecule has 0 unspecified atom stereocenters. The van der Waals surface area contributed by atoms with Crippen molar-refractivity contribution in [2.75, 3.05) is 43.5 Å². The van der Waals surface area contributed by atoms with Gasteiger partial charge in [0.1, 0.15) is 12.3 Å². The fourth-order valence-corrected chi connectivity index (χ4v) is 4.79. The Balaban J connectivity index is 1.89. The molecule has 3 aromatic carbocycles. The van der Waals surface area contributed by atoms with E-state index in [0.717, 1.165) is 9.87 Å². The monoisotopic (exact) mass is 511 g/mol. The zero-order chi connectivity index (χ0) is 26.1. The first-order valence-electron chi connectivity index (χ1n) is 11.2. The Morgan fingerprint density at radius 3 is 2.22 bits per heavy atom. The fourth-order valence-electron chi connectivity index (χ4n) is 3.37. The Hall–Kier alpha value is -3.89. The van der Waals surface area contributed by atoms with E-state index in [1.165, 1.54) is 26.4 Å². The van der Waals surface area contributed by atoms with Gasteiger partial charge >= 0.3 is 0 Å². The highest BCUT2D eigenvalue weighted by Crippen LogP contribution is 2.26. The van der Waals surface area contributed by atoms with Crippen molar-refractivity contribution in [3.63, 3.8) is 0 Å². The molecule has 9 nitrogen and oxygen atoms in total. The van der Waals surface area contributed by atoms with Crippen molar-refractivity contribution in [2.45, 2.75) is 11.8 Å². The van der Waals surface area contributed by atoms with Gasteiger partial charge in [-0.05, 0) is 55.5 Å². The number of para-hydroxylation sites is 1. The Bertz CT molecular complexity index is 1290. The SMILES string of the molecule is COCCNC(=O)c1ccccc1NC(=O)CN(c1ccc(OC)cc1)S(=O)(=O)c1ccc(C)cc1.